The van der Waals surface area contributed by atoms with Gasteiger partial charge in [0.05, 0.1) is 0 Å². The zero-order valence-electron chi connectivity index (χ0n) is 12.1. The third-order valence-electron chi connectivity index (χ3n) is 3.20. The highest BCUT2D eigenvalue weighted by Crippen LogP contribution is 2.25. The molecule has 6 heteroatoms. The summed E-state index contributed by atoms with van der Waals surface area (Å²) in [6.45, 7) is 9.09. The molecule has 1 aliphatic rings. The molecule has 0 spiro atoms. The number of sulfonamides is 1. The van der Waals surface area contributed by atoms with E-state index >= 15 is 0 Å². The maximum Gasteiger partial charge on any atom is 0.252 e. The van der Waals surface area contributed by atoms with Gasteiger partial charge in [-0.05, 0) is 36.8 Å². The first kappa shape index (κ1) is 15.7. The van der Waals surface area contributed by atoms with E-state index in [9.17, 15) is 8.42 Å². The Morgan fingerprint density at radius 3 is 2.80 bits per heavy atom. The van der Waals surface area contributed by atoms with E-state index in [2.05, 4.69) is 11.9 Å². The van der Waals surface area contributed by atoms with Crippen LogP contribution in [0.4, 0.5) is 0 Å². The third-order valence-corrected chi connectivity index (χ3v) is 6.58. The molecule has 1 fully saturated rings. The van der Waals surface area contributed by atoms with E-state index in [1.54, 1.807) is 6.07 Å². The Morgan fingerprint density at radius 1 is 1.55 bits per heavy atom. The van der Waals surface area contributed by atoms with E-state index in [1.807, 2.05) is 19.2 Å². The van der Waals surface area contributed by atoms with Crippen LogP contribution in [-0.2, 0) is 16.6 Å². The molecule has 1 heterocycles. The summed E-state index contributed by atoms with van der Waals surface area (Å²) < 4.78 is 27.0. The van der Waals surface area contributed by atoms with Crippen LogP contribution in [0.1, 0.15) is 32.3 Å². The molecular weight excluding hydrogens is 292 g/mol. The van der Waals surface area contributed by atoms with Crippen molar-refractivity contribution in [3.05, 3.63) is 29.2 Å². The maximum absolute atomic E-state index is 12.5. The highest BCUT2D eigenvalue weighted by atomic mass is 32.2. The molecule has 0 bridgehead atoms. The predicted molar refractivity (Wildman–Crippen MR) is 83.4 cm³/mol. The Bertz CT molecular complexity index is 574. The van der Waals surface area contributed by atoms with Gasteiger partial charge in [0, 0.05) is 25.7 Å². The van der Waals surface area contributed by atoms with Crippen molar-refractivity contribution in [2.45, 2.75) is 43.5 Å². The van der Waals surface area contributed by atoms with Gasteiger partial charge in [-0.15, -0.1) is 11.3 Å². The van der Waals surface area contributed by atoms with Crippen LogP contribution in [0.15, 0.2) is 27.8 Å². The lowest BCUT2D eigenvalue weighted by Gasteiger charge is -2.19. The summed E-state index contributed by atoms with van der Waals surface area (Å²) in [6, 6.07) is 2.42. The largest absolute Gasteiger partial charge is 0.310 e. The van der Waals surface area contributed by atoms with Crippen molar-refractivity contribution in [2.24, 2.45) is 0 Å². The lowest BCUT2D eigenvalue weighted by molar-refractivity contribution is 0.454. The van der Waals surface area contributed by atoms with Crippen LogP contribution in [0.2, 0.25) is 0 Å². The van der Waals surface area contributed by atoms with Crippen LogP contribution in [0.25, 0.3) is 0 Å². The summed E-state index contributed by atoms with van der Waals surface area (Å²) in [7, 11) is -3.39. The van der Waals surface area contributed by atoms with Crippen molar-refractivity contribution in [1.29, 1.82) is 0 Å². The van der Waals surface area contributed by atoms with Crippen molar-refractivity contribution >= 4 is 21.4 Å². The summed E-state index contributed by atoms with van der Waals surface area (Å²) in [4.78, 5) is 0. The lowest BCUT2D eigenvalue weighted by Crippen LogP contribution is -2.31. The van der Waals surface area contributed by atoms with E-state index in [0.717, 1.165) is 17.7 Å². The predicted octanol–water partition coefficient (Wildman–Crippen LogP) is 2.59. The first-order chi connectivity index (χ1) is 9.43. The lowest BCUT2D eigenvalue weighted by atomic mass is 10.3. The molecule has 0 saturated heterocycles. The molecular formula is C14H22N2O2S2. The van der Waals surface area contributed by atoms with Crippen LogP contribution >= 0.6 is 11.3 Å². The third kappa shape index (κ3) is 3.91. The number of hydrogen-bond acceptors (Lipinski definition) is 4. The van der Waals surface area contributed by atoms with Gasteiger partial charge in [-0.3, -0.25) is 0 Å². The highest BCUT2D eigenvalue weighted by molar-refractivity contribution is 7.91. The molecule has 1 saturated carbocycles. The summed E-state index contributed by atoms with van der Waals surface area (Å²) in [5.41, 5.74) is 1.90. The topological polar surface area (TPSA) is 49.4 Å². The van der Waals surface area contributed by atoms with Gasteiger partial charge >= 0.3 is 0 Å². The molecule has 0 aliphatic heterocycles. The molecule has 0 amide bonds. The van der Waals surface area contributed by atoms with Gasteiger partial charge in [0.2, 0.25) is 0 Å². The minimum Gasteiger partial charge on any atom is -0.310 e. The zero-order valence-corrected chi connectivity index (χ0v) is 13.7. The molecule has 0 aromatic carbocycles. The molecule has 20 heavy (non-hydrogen) atoms. The summed E-state index contributed by atoms with van der Waals surface area (Å²) in [5, 5.41) is 5.32. The van der Waals surface area contributed by atoms with Gasteiger partial charge in [-0.1, -0.05) is 19.1 Å². The van der Waals surface area contributed by atoms with Crippen LogP contribution < -0.4 is 5.32 Å². The molecule has 1 aromatic rings. The number of rotatable bonds is 8. The van der Waals surface area contributed by atoms with Crippen molar-refractivity contribution < 1.29 is 8.42 Å². The van der Waals surface area contributed by atoms with Gasteiger partial charge in [0.1, 0.15) is 4.21 Å². The number of nitrogens with one attached hydrogen (secondary N) is 1. The summed E-state index contributed by atoms with van der Waals surface area (Å²) >= 11 is 1.30. The fraction of sp³-hybridized carbons (Fsp3) is 0.571. The number of hydrogen-bond donors (Lipinski definition) is 1. The second-order valence-corrected chi connectivity index (χ2v) is 8.39. The standard InChI is InChI=1S/C14H22N2O2S2/c1-4-16(9-11(2)3)20(17,18)14-7-12(10-19-14)8-15-13-5-6-13/h7,10,13,15H,2,4-6,8-9H2,1,3H3. The van der Waals surface area contributed by atoms with Crippen LogP contribution in [0, 0.1) is 0 Å². The first-order valence-corrected chi connectivity index (χ1v) is 9.20. The normalized spacial score (nSPS) is 15.8. The van der Waals surface area contributed by atoms with Crippen molar-refractivity contribution in [1.82, 2.24) is 9.62 Å². The molecule has 1 aliphatic carbocycles. The molecule has 0 atom stereocenters. The average Bonchev–Trinajstić information content (AvgIpc) is 3.09. The van der Waals surface area contributed by atoms with Crippen molar-refractivity contribution in [2.75, 3.05) is 13.1 Å². The SMILES string of the molecule is C=C(C)CN(CC)S(=O)(=O)c1cc(CNC2CC2)cs1. The van der Waals surface area contributed by atoms with Gasteiger partial charge in [-0.25, -0.2) is 8.42 Å². The smallest absolute Gasteiger partial charge is 0.252 e. The van der Waals surface area contributed by atoms with E-state index in [4.69, 9.17) is 0 Å². The quantitative estimate of drug-likeness (QED) is 0.750. The molecule has 1 aromatic heterocycles. The Labute approximate surface area is 125 Å². The first-order valence-electron chi connectivity index (χ1n) is 6.88. The molecule has 0 unspecified atom stereocenters. The number of likely N-dealkylation sites (N-methyl/N-ethyl adjacent to an activating group) is 1. The van der Waals surface area contributed by atoms with Crippen LogP contribution in [-0.4, -0.2) is 31.9 Å². The Balaban J connectivity index is 2.08. The second kappa shape index (κ2) is 6.39. The van der Waals surface area contributed by atoms with Crippen molar-refractivity contribution in [3.63, 3.8) is 0 Å². The maximum atomic E-state index is 12.5. The average molecular weight is 314 g/mol. The highest BCUT2D eigenvalue weighted by Gasteiger charge is 2.25. The molecule has 2 rings (SSSR count). The van der Waals surface area contributed by atoms with E-state index in [-0.39, 0.29) is 0 Å². The Morgan fingerprint density at radius 2 is 2.25 bits per heavy atom. The van der Waals surface area contributed by atoms with Crippen molar-refractivity contribution in [3.8, 4) is 0 Å². The van der Waals surface area contributed by atoms with E-state index < -0.39 is 10.0 Å². The molecule has 112 valence electrons. The summed E-state index contributed by atoms with van der Waals surface area (Å²) in [6.07, 6.45) is 2.47. The second-order valence-electron chi connectivity index (χ2n) is 5.32. The Hall–Kier alpha value is -0.690. The minimum absolute atomic E-state index is 0.381. The zero-order chi connectivity index (χ0) is 14.8. The summed E-state index contributed by atoms with van der Waals surface area (Å²) in [5.74, 6) is 0. The van der Waals surface area contributed by atoms with Crippen LogP contribution in [0.5, 0.6) is 0 Å². The molecule has 4 nitrogen and oxygen atoms in total. The van der Waals surface area contributed by atoms with E-state index in [1.165, 1.54) is 28.5 Å². The molecule has 0 radical (unpaired) electrons. The number of thiophene rings is 1. The van der Waals surface area contributed by atoms with Crippen LogP contribution in [0.3, 0.4) is 0 Å². The van der Waals surface area contributed by atoms with Gasteiger partial charge in [-0.2, -0.15) is 4.31 Å². The number of nitrogens with zero attached hydrogens (tertiary/aromatic N) is 1. The van der Waals surface area contributed by atoms with Gasteiger partial charge in [0.25, 0.3) is 10.0 Å². The molecule has 1 N–H and O–H groups in total. The van der Waals surface area contributed by atoms with Gasteiger partial charge in [0.15, 0.2) is 0 Å². The van der Waals surface area contributed by atoms with Gasteiger partial charge < -0.3 is 5.32 Å². The Kier molecular flexibility index (Phi) is 5.01. The monoisotopic (exact) mass is 314 g/mol. The minimum atomic E-state index is -3.39. The fourth-order valence-electron chi connectivity index (χ4n) is 1.93. The fourth-order valence-corrected chi connectivity index (χ4v) is 4.80. The van der Waals surface area contributed by atoms with E-state index in [0.29, 0.717) is 23.3 Å².